The molecule has 3 aliphatic rings. The van der Waals surface area contributed by atoms with Gasteiger partial charge in [-0.15, -0.1) is 0 Å². The van der Waals surface area contributed by atoms with Gasteiger partial charge in [-0.1, -0.05) is 38.5 Å². The van der Waals surface area contributed by atoms with E-state index in [1.165, 1.54) is 43.0 Å². The number of fused-ring (bicyclic) bond motifs is 2. The quantitative estimate of drug-likeness (QED) is 0.595. The van der Waals surface area contributed by atoms with E-state index in [1.54, 1.807) is 4.90 Å². The summed E-state index contributed by atoms with van der Waals surface area (Å²) in [6.45, 7) is 8.03. The molecule has 170 valence electrons. The molecule has 1 aliphatic carbocycles. The fourth-order valence-electron chi connectivity index (χ4n) is 5.70. The third kappa shape index (κ3) is 3.64. The Balaban J connectivity index is 1.47. The Morgan fingerprint density at radius 3 is 2.38 bits per heavy atom. The van der Waals surface area contributed by atoms with Crippen molar-refractivity contribution in [1.29, 1.82) is 0 Å². The number of carbonyl (C=O) groups excluding carboxylic acids is 1. The fourth-order valence-corrected chi connectivity index (χ4v) is 5.70. The Morgan fingerprint density at radius 1 is 1.09 bits per heavy atom. The molecule has 2 heterocycles. The van der Waals surface area contributed by atoms with Gasteiger partial charge in [0.1, 0.15) is 17.2 Å². The van der Waals surface area contributed by atoms with Gasteiger partial charge in [0, 0.05) is 24.2 Å². The van der Waals surface area contributed by atoms with Gasteiger partial charge in [-0.2, -0.15) is 0 Å². The molecule has 1 saturated heterocycles. The standard InChI is InChI=1S/C27H32F2N2O/c1-18(2)20-9-10-24-21(15-20)27(11-13-30(14-12-27)16-19-5-3-6-19)17-31(24)26(32)25-22(28)7-4-8-23(25)29/h4,7-10,15,18-19H,3,5-6,11-14,16-17H2,1-2H3. The van der Waals surface area contributed by atoms with Crippen molar-refractivity contribution in [3.05, 3.63) is 64.7 Å². The molecule has 2 aliphatic heterocycles. The number of carbonyl (C=O) groups is 1. The largest absolute Gasteiger partial charge is 0.307 e. The van der Waals surface area contributed by atoms with Gasteiger partial charge in [0.15, 0.2) is 0 Å². The summed E-state index contributed by atoms with van der Waals surface area (Å²) in [6.07, 6.45) is 5.99. The number of benzene rings is 2. The first-order valence-corrected chi connectivity index (χ1v) is 12.0. The molecular weight excluding hydrogens is 406 g/mol. The zero-order valence-corrected chi connectivity index (χ0v) is 19.0. The van der Waals surface area contributed by atoms with Crippen molar-refractivity contribution >= 4 is 11.6 Å². The van der Waals surface area contributed by atoms with Crippen LogP contribution in [0.3, 0.4) is 0 Å². The van der Waals surface area contributed by atoms with Crippen LogP contribution in [0.25, 0.3) is 0 Å². The van der Waals surface area contributed by atoms with Gasteiger partial charge in [0.2, 0.25) is 0 Å². The molecule has 0 atom stereocenters. The minimum absolute atomic E-state index is 0.145. The van der Waals surface area contributed by atoms with E-state index in [0.717, 1.165) is 49.7 Å². The topological polar surface area (TPSA) is 23.6 Å². The van der Waals surface area contributed by atoms with Crippen LogP contribution in [-0.2, 0) is 5.41 Å². The number of rotatable bonds is 4. The van der Waals surface area contributed by atoms with Gasteiger partial charge >= 0.3 is 0 Å². The van der Waals surface area contributed by atoms with Crippen molar-refractivity contribution in [2.75, 3.05) is 31.1 Å². The lowest BCUT2D eigenvalue weighted by Gasteiger charge is -2.42. The third-order valence-corrected chi connectivity index (χ3v) is 7.99. The maximum Gasteiger partial charge on any atom is 0.264 e. The number of piperidine rings is 1. The van der Waals surface area contributed by atoms with Crippen molar-refractivity contribution in [2.45, 2.75) is 57.3 Å². The Labute approximate surface area is 189 Å². The second-order valence-electron chi connectivity index (χ2n) is 10.3. The zero-order valence-electron chi connectivity index (χ0n) is 19.0. The predicted molar refractivity (Wildman–Crippen MR) is 123 cm³/mol. The average molecular weight is 439 g/mol. The van der Waals surface area contributed by atoms with E-state index in [1.807, 2.05) is 12.1 Å². The summed E-state index contributed by atoms with van der Waals surface area (Å²) in [5, 5.41) is 0. The van der Waals surface area contributed by atoms with Gasteiger partial charge in [-0.3, -0.25) is 4.79 Å². The maximum atomic E-state index is 14.5. The number of likely N-dealkylation sites (tertiary alicyclic amines) is 1. The van der Waals surface area contributed by atoms with Crippen LogP contribution >= 0.6 is 0 Å². The highest BCUT2D eigenvalue weighted by atomic mass is 19.1. The van der Waals surface area contributed by atoms with E-state index in [-0.39, 0.29) is 5.41 Å². The Bertz CT molecular complexity index is 1000. The van der Waals surface area contributed by atoms with Gasteiger partial charge in [-0.25, -0.2) is 8.78 Å². The molecule has 1 amide bonds. The lowest BCUT2D eigenvalue weighted by atomic mass is 9.73. The Morgan fingerprint density at radius 2 is 1.78 bits per heavy atom. The molecule has 0 unspecified atom stereocenters. The number of halogens is 2. The Hall–Kier alpha value is -2.27. The number of anilines is 1. The van der Waals surface area contributed by atoms with Crippen LogP contribution in [0, 0.1) is 17.6 Å². The van der Waals surface area contributed by atoms with Crippen LogP contribution in [0.1, 0.15) is 73.4 Å². The zero-order chi connectivity index (χ0) is 22.5. The minimum atomic E-state index is -0.799. The summed E-state index contributed by atoms with van der Waals surface area (Å²) in [4.78, 5) is 17.6. The summed E-state index contributed by atoms with van der Waals surface area (Å²) >= 11 is 0. The summed E-state index contributed by atoms with van der Waals surface area (Å²) in [5.74, 6) is -0.953. The first-order chi connectivity index (χ1) is 15.4. The predicted octanol–water partition coefficient (Wildman–Crippen LogP) is 5.88. The van der Waals surface area contributed by atoms with Crippen LogP contribution in [0.4, 0.5) is 14.5 Å². The van der Waals surface area contributed by atoms with Gasteiger partial charge < -0.3 is 9.80 Å². The van der Waals surface area contributed by atoms with Crippen molar-refractivity contribution in [3.8, 4) is 0 Å². The second kappa shape index (κ2) is 8.26. The van der Waals surface area contributed by atoms with Crippen LogP contribution in [0.2, 0.25) is 0 Å². The second-order valence-corrected chi connectivity index (χ2v) is 10.3. The average Bonchev–Trinajstić information content (AvgIpc) is 3.05. The number of amides is 1. The van der Waals surface area contributed by atoms with E-state index in [2.05, 4.69) is 24.8 Å². The fraction of sp³-hybridized carbons (Fsp3) is 0.519. The molecule has 5 heteroatoms. The van der Waals surface area contributed by atoms with E-state index in [9.17, 15) is 13.6 Å². The lowest BCUT2D eigenvalue weighted by molar-refractivity contribution is 0.0958. The summed E-state index contributed by atoms with van der Waals surface area (Å²) in [5.41, 5.74) is 2.64. The molecule has 32 heavy (non-hydrogen) atoms. The van der Waals surface area contributed by atoms with Crippen LogP contribution in [-0.4, -0.2) is 37.0 Å². The van der Waals surface area contributed by atoms with Gasteiger partial charge in [0.25, 0.3) is 5.91 Å². The molecule has 0 aromatic heterocycles. The number of hydrogen-bond donors (Lipinski definition) is 0. The normalized spacial score (nSPS) is 20.6. The van der Waals surface area contributed by atoms with Crippen LogP contribution in [0.5, 0.6) is 0 Å². The number of nitrogens with zero attached hydrogens (tertiary/aromatic N) is 2. The highest BCUT2D eigenvalue weighted by Crippen LogP contribution is 2.48. The summed E-state index contributed by atoms with van der Waals surface area (Å²) in [7, 11) is 0. The highest BCUT2D eigenvalue weighted by Gasteiger charge is 2.47. The van der Waals surface area contributed by atoms with E-state index in [0.29, 0.717) is 12.5 Å². The monoisotopic (exact) mass is 438 g/mol. The summed E-state index contributed by atoms with van der Waals surface area (Å²) in [6, 6.07) is 9.89. The van der Waals surface area contributed by atoms with Crippen molar-refractivity contribution < 1.29 is 13.6 Å². The SMILES string of the molecule is CC(C)c1ccc2c(c1)C1(CCN(CC3CCC3)CC1)CN2C(=O)c1c(F)cccc1F. The first-order valence-electron chi connectivity index (χ1n) is 12.0. The lowest BCUT2D eigenvalue weighted by Crippen LogP contribution is -2.47. The molecule has 0 N–H and O–H groups in total. The van der Waals surface area contributed by atoms with Crippen molar-refractivity contribution in [2.24, 2.45) is 5.92 Å². The molecule has 2 fully saturated rings. The molecule has 0 bridgehead atoms. The molecule has 3 nitrogen and oxygen atoms in total. The smallest absolute Gasteiger partial charge is 0.264 e. The minimum Gasteiger partial charge on any atom is -0.307 e. The molecule has 1 spiro atoms. The highest BCUT2D eigenvalue weighted by molar-refractivity contribution is 6.08. The van der Waals surface area contributed by atoms with E-state index >= 15 is 0 Å². The van der Waals surface area contributed by atoms with E-state index < -0.39 is 23.1 Å². The molecule has 5 rings (SSSR count). The van der Waals surface area contributed by atoms with Gasteiger partial charge in [0.05, 0.1) is 0 Å². The van der Waals surface area contributed by atoms with Crippen molar-refractivity contribution in [3.63, 3.8) is 0 Å². The molecule has 1 saturated carbocycles. The maximum absolute atomic E-state index is 14.5. The Kier molecular flexibility index (Phi) is 5.56. The molecule has 2 aromatic carbocycles. The van der Waals surface area contributed by atoms with Crippen LogP contribution < -0.4 is 4.90 Å². The third-order valence-electron chi connectivity index (χ3n) is 7.99. The number of hydrogen-bond acceptors (Lipinski definition) is 2. The molecule has 2 aromatic rings. The molecular formula is C27H32F2N2O. The first kappa shape index (κ1) is 21.6. The summed E-state index contributed by atoms with van der Waals surface area (Å²) < 4.78 is 28.9. The van der Waals surface area contributed by atoms with Gasteiger partial charge in [-0.05, 0) is 79.9 Å². The molecule has 0 radical (unpaired) electrons. The van der Waals surface area contributed by atoms with E-state index in [4.69, 9.17) is 0 Å². The van der Waals surface area contributed by atoms with Crippen LogP contribution in [0.15, 0.2) is 36.4 Å². The van der Waals surface area contributed by atoms with Crippen molar-refractivity contribution in [1.82, 2.24) is 4.90 Å².